The van der Waals surface area contributed by atoms with E-state index in [9.17, 15) is 0 Å². The van der Waals surface area contributed by atoms with E-state index in [-0.39, 0.29) is 24.8 Å². The summed E-state index contributed by atoms with van der Waals surface area (Å²) in [6.07, 6.45) is 5.36. The Morgan fingerprint density at radius 1 is 0.471 bits per heavy atom. The number of rotatable bonds is 6. The van der Waals surface area contributed by atoms with Crippen LogP contribution in [0, 0.1) is 25.7 Å². The smallest absolute Gasteiger partial charge is 1.00 e. The van der Waals surface area contributed by atoms with Crippen LogP contribution in [0.1, 0.15) is 68.3 Å². The van der Waals surface area contributed by atoms with E-state index in [0.717, 1.165) is 0 Å². The van der Waals surface area contributed by atoms with Crippen molar-refractivity contribution in [2.75, 3.05) is 0 Å². The molecule has 2 atom stereocenters. The molecule has 9 rings (SSSR count). The standard InChI is InChI=1S/2C23H21.C2H4.2ClH.Zr/c2*1-15(2)18-13-22-16(3)11-12-21(23(22)14-18)20-10-6-8-17-7-4-5-9-19(17)20;1-2;;;/h2*4-15H,1-3H3;1-2H2;2*1H;/q;;;;;+2/p-2. The molecular weight excluding hydrogens is 739 g/mol. The molecule has 3 heteroatoms. The van der Waals surface area contributed by atoms with Crippen molar-refractivity contribution in [2.45, 2.75) is 57.1 Å². The van der Waals surface area contributed by atoms with Crippen LogP contribution in [0.3, 0.4) is 0 Å². The fourth-order valence-electron chi connectivity index (χ4n) is 9.92. The second-order valence-electron chi connectivity index (χ2n) is 15.8. The van der Waals surface area contributed by atoms with Crippen LogP contribution in [-0.4, -0.2) is 0 Å². The van der Waals surface area contributed by atoms with Crippen molar-refractivity contribution < 1.29 is 45.1 Å². The maximum absolute atomic E-state index is 2.96. The second-order valence-corrected chi connectivity index (χ2v) is 27.1. The summed E-state index contributed by atoms with van der Waals surface area (Å²) >= 11 is -2.96. The molecule has 0 spiro atoms. The van der Waals surface area contributed by atoms with Gasteiger partial charge in [-0.3, -0.25) is 0 Å². The monoisotopic (exact) mass is 782 g/mol. The molecule has 0 saturated carbocycles. The molecular formula is C48H46Cl2Zr. The Morgan fingerprint density at radius 3 is 1.25 bits per heavy atom. The fourth-order valence-corrected chi connectivity index (χ4v) is 28.5. The van der Waals surface area contributed by atoms with Crippen LogP contribution >= 0.6 is 0 Å². The zero-order chi connectivity index (χ0) is 33.6. The number of hydrogen-bond donors (Lipinski definition) is 0. The molecule has 6 aromatic carbocycles. The van der Waals surface area contributed by atoms with Gasteiger partial charge in [0.25, 0.3) is 0 Å². The van der Waals surface area contributed by atoms with Crippen molar-refractivity contribution in [3.05, 3.63) is 154 Å². The predicted octanol–water partition coefficient (Wildman–Crippen LogP) is 7.84. The molecule has 51 heavy (non-hydrogen) atoms. The van der Waals surface area contributed by atoms with Crippen LogP contribution in [0.25, 0.3) is 56.0 Å². The van der Waals surface area contributed by atoms with Crippen LogP contribution in [0.2, 0.25) is 8.26 Å². The Kier molecular flexibility index (Phi) is 9.67. The number of allylic oxidation sites excluding steroid dienone is 2. The van der Waals surface area contributed by atoms with Crippen LogP contribution in [0.4, 0.5) is 0 Å². The topological polar surface area (TPSA) is 0 Å². The van der Waals surface area contributed by atoms with Crippen molar-refractivity contribution in [3.8, 4) is 22.3 Å². The van der Waals surface area contributed by atoms with Crippen LogP contribution in [0.5, 0.6) is 0 Å². The van der Waals surface area contributed by atoms with Crippen LogP contribution in [0.15, 0.2) is 120 Å². The third-order valence-electron chi connectivity index (χ3n) is 12.3. The average Bonchev–Trinajstić information content (AvgIpc) is 3.60. The normalized spacial score (nSPS) is 17.6. The summed E-state index contributed by atoms with van der Waals surface area (Å²) in [5.74, 6) is 1.06. The molecule has 0 bridgehead atoms. The summed E-state index contributed by atoms with van der Waals surface area (Å²) < 4.78 is 4.20. The SMILES string of the molecule is Cc1ccc(-c2cccc3ccccc23)c2c1[CH]([Zr+2]1([CH]3C(C(C)C)=Cc4c(-c5cccc6ccccc56)ccc(C)c43)[CH2][CH2]1)C(C(C)C)=C2.[Cl-].[Cl-]. The van der Waals surface area contributed by atoms with Crippen LogP contribution < -0.4 is 24.8 Å². The van der Waals surface area contributed by atoms with Gasteiger partial charge in [-0.25, -0.2) is 0 Å². The first-order valence-electron chi connectivity index (χ1n) is 18.4. The Balaban J connectivity index is 0.00000203. The molecule has 0 radical (unpaired) electrons. The van der Waals surface area contributed by atoms with Crippen molar-refractivity contribution in [1.29, 1.82) is 0 Å². The molecule has 256 valence electrons. The Labute approximate surface area is 321 Å². The average molecular weight is 785 g/mol. The van der Waals surface area contributed by atoms with Gasteiger partial charge in [0, 0.05) is 0 Å². The molecule has 1 aliphatic heterocycles. The van der Waals surface area contributed by atoms with E-state index in [1.807, 2.05) is 0 Å². The zero-order valence-corrected chi connectivity index (χ0v) is 34.5. The van der Waals surface area contributed by atoms with E-state index in [4.69, 9.17) is 0 Å². The molecule has 6 aromatic rings. The van der Waals surface area contributed by atoms with E-state index >= 15 is 0 Å². The summed E-state index contributed by atoms with van der Waals surface area (Å²) in [5.41, 5.74) is 18.4. The van der Waals surface area contributed by atoms with E-state index in [0.29, 0.717) is 19.1 Å². The van der Waals surface area contributed by atoms with Crippen LogP contribution in [-0.2, 0) is 20.3 Å². The number of aryl methyl sites for hydroxylation is 2. The van der Waals surface area contributed by atoms with Crippen molar-refractivity contribution in [1.82, 2.24) is 0 Å². The minimum atomic E-state index is -2.96. The van der Waals surface area contributed by atoms with Crippen molar-refractivity contribution in [3.63, 3.8) is 0 Å². The first kappa shape index (κ1) is 36.2. The maximum Gasteiger partial charge on any atom is -1.00 e. The largest absolute Gasteiger partial charge is 1.00 e. The summed E-state index contributed by atoms with van der Waals surface area (Å²) in [6, 6.07) is 41.3. The zero-order valence-electron chi connectivity index (χ0n) is 30.5. The molecule has 1 fully saturated rings. The van der Waals surface area contributed by atoms with E-state index in [2.05, 4.69) is 163 Å². The third-order valence-corrected chi connectivity index (χ3v) is 25.1. The molecule has 1 heterocycles. The number of fused-ring (bicyclic) bond motifs is 4. The second kappa shape index (κ2) is 13.6. The summed E-state index contributed by atoms with van der Waals surface area (Å²) in [7, 11) is 0. The van der Waals surface area contributed by atoms with E-state index in [1.54, 1.807) is 22.3 Å². The molecule has 0 N–H and O–H groups in total. The summed E-state index contributed by atoms with van der Waals surface area (Å²) in [4.78, 5) is 0. The minimum absolute atomic E-state index is 0. The molecule has 0 nitrogen and oxygen atoms in total. The Hall–Kier alpha value is -3.22. The first-order valence-corrected chi connectivity index (χ1v) is 24.8. The molecule has 3 aliphatic rings. The predicted molar refractivity (Wildman–Crippen MR) is 209 cm³/mol. The van der Waals surface area contributed by atoms with E-state index < -0.39 is 20.3 Å². The van der Waals surface area contributed by atoms with E-state index in [1.165, 1.54) is 74.3 Å². The number of benzene rings is 6. The first-order chi connectivity index (χ1) is 23.8. The van der Waals surface area contributed by atoms with Gasteiger partial charge in [0.15, 0.2) is 0 Å². The molecule has 0 aromatic heterocycles. The van der Waals surface area contributed by atoms with Gasteiger partial charge in [-0.2, -0.15) is 0 Å². The van der Waals surface area contributed by atoms with Gasteiger partial charge < -0.3 is 24.8 Å². The number of halogens is 2. The quantitative estimate of drug-likeness (QED) is 0.162. The minimum Gasteiger partial charge on any atom is -1.00 e. The van der Waals surface area contributed by atoms with Gasteiger partial charge >= 0.3 is 299 Å². The molecule has 1 saturated heterocycles. The summed E-state index contributed by atoms with van der Waals surface area (Å²) in [6.45, 7) is 14.7. The molecule has 2 unspecified atom stereocenters. The van der Waals surface area contributed by atoms with Gasteiger partial charge in [0.05, 0.1) is 0 Å². The summed E-state index contributed by atoms with van der Waals surface area (Å²) in [5, 5.41) is 5.35. The fraction of sp³-hybridized carbons (Fsp3) is 0.250. The van der Waals surface area contributed by atoms with Gasteiger partial charge in [0.2, 0.25) is 0 Å². The molecule has 2 aliphatic carbocycles. The van der Waals surface area contributed by atoms with Crippen molar-refractivity contribution in [2.24, 2.45) is 11.8 Å². The third kappa shape index (κ3) is 5.57. The van der Waals surface area contributed by atoms with Crippen molar-refractivity contribution >= 4 is 33.7 Å². The Morgan fingerprint density at radius 2 is 0.863 bits per heavy atom. The maximum atomic E-state index is 2.68. The number of hydrogen-bond acceptors (Lipinski definition) is 0. The van der Waals surface area contributed by atoms with Gasteiger partial charge in [0.1, 0.15) is 0 Å². The van der Waals surface area contributed by atoms with Gasteiger partial charge in [-0.15, -0.1) is 0 Å². The Bertz CT molecular complexity index is 2210. The van der Waals surface area contributed by atoms with Gasteiger partial charge in [-0.05, 0) is 0 Å². The van der Waals surface area contributed by atoms with Gasteiger partial charge in [-0.1, -0.05) is 0 Å². The molecule has 0 amide bonds.